The van der Waals surface area contributed by atoms with Gasteiger partial charge in [0.05, 0.1) is 16.2 Å². The first kappa shape index (κ1) is 19.2. The van der Waals surface area contributed by atoms with Crippen molar-refractivity contribution < 1.29 is 25.9 Å². The molecule has 0 aliphatic carbocycles. The molecule has 1 N–H and O–H groups in total. The molecular formula is C16H17N3O6S2. The van der Waals surface area contributed by atoms with Crippen molar-refractivity contribution in [2.75, 3.05) is 5.75 Å². The Labute approximate surface area is 156 Å². The van der Waals surface area contributed by atoms with E-state index in [1.165, 1.54) is 12.1 Å². The Morgan fingerprint density at radius 3 is 2.59 bits per heavy atom. The molecule has 1 aliphatic heterocycles. The van der Waals surface area contributed by atoms with Gasteiger partial charge < -0.3 is 4.74 Å². The Morgan fingerprint density at radius 1 is 1.19 bits per heavy atom. The van der Waals surface area contributed by atoms with E-state index >= 15 is 0 Å². The quantitative estimate of drug-likeness (QED) is 0.573. The molecule has 0 saturated heterocycles. The first-order valence-electron chi connectivity index (χ1n) is 8.05. The standard InChI is InChI=1S/C16H17N3O6S2/c1-3-8-26(20,21)25-18-16-10(2)24-14-7-4-11-9-12(27(22,23)19-17)5-6-13(11)15(14)16/h4-7,9-10,17H,3,8H2,1-2H3/b18-16+,19-17?. The van der Waals surface area contributed by atoms with Crippen molar-refractivity contribution in [1.29, 1.82) is 5.53 Å². The highest BCUT2D eigenvalue weighted by Crippen LogP contribution is 2.36. The van der Waals surface area contributed by atoms with Crippen LogP contribution in [-0.2, 0) is 24.4 Å². The molecule has 144 valence electrons. The summed E-state index contributed by atoms with van der Waals surface area (Å²) in [6, 6.07) is 7.57. The maximum atomic E-state index is 11.8. The van der Waals surface area contributed by atoms with Crippen molar-refractivity contribution in [3.8, 4) is 5.75 Å². The van der Waals surface area contributed by atoms with Crippen LogP contribution in [0.1, 0.15) is 25.8 Å². The average molecular weight is 411 g/mol. The van der Waals surface area contributed by atoms with Gasteiger partial charge in [-0.2, -0.15) is 22.4 Å². The lowest BCUT2D eigenvalue weighted by Crippen LogP contribution is -2.18. The molecule has 0 aromatic heterocycles. The van der Waals surface area contributed by atoms with Gasteiger partial charge in [0.2, 0.25) is 0 Å². The SMILES string of the molecule is CCCS(=O)(=O)O/N=C1/c2c(ccc3cc(S(=O)(=O)N=N)ccc23)OC1C. The van der Waals surface area contributed by atoms with E-state index in [4.69, 9.17) is 14.6 Å². The Balaban J connectivity index is 2.13. The lowest BCUT2D eigenvalue weighted by atomic mass is 10.00. The van der Waals surface area contributed by atoms with Gasteiger partial charge in [-0.1, -0.05) is 28.7 Å². The van der Waals surface area contributed by atoms with Crippen LogP contribution in [0.25, 0.3) is 10.8 Å². The summed E-state index contributed by atoms with van der Waals surface area (Å²) in [4.78, 5) is -0.114. The third-order valence-electron chi connectivity index (χ3n) is 4.02. The summed E-state index contributed by atoms with van der Waals surface area (Å²) in [6.45, 7) is 3.42. The molecule has 1 aliphatic rings. The topological polar surface area (TPSA) is 135 Å². The Kier molecular flexibility index (Phi) is 4.91. The van der Waals surface area contributed by atoms with Crippen molar-refractivity contribution in [2.45, 2.75) is 31.3 Å². The molecule has 0 bridgehead atoms. The molecule has 2 aromatic carbocycles. The van der Waals surface area contributed by atoms with Crippen LogP contribution < -0.4 is 4.74 Å². The molecule has 1 heterocycles. The fourth-order valence-corrected chi connectivity index (χ4v) is 4.21. The first-order chi connectivity index (χ1) is 12.7. The Bertz CT molecular complexity index is 1160. The minimum atomic E-state index is -4.04. The van der Waals surface area contributed by atoms with Crippen molar-refractivity contribution in [3.63, 3.8) is 0 Å². The molecular weight excluding hydrogens is 394 g/mol. The molecule has 1 unspecified atom stereocenters. The molecule has 0 amide bonds. The van der Waals surface area contributed by atoms with Crippen LogP contribution in [0.5, 0.6) is 5.75 Å². The van der Waals surface area contributed by atoms with E-state index in [-0.39, 0.29) is 10.6 Å². The highest BCUT2D eigenvalue weighted by atomic mass is 32.2. The summed E-state index contributed by atoms with van der Waals surface area (Å²) in [7, 11) is -7.82. The smallest absolute Gasteiger partial charge is 0.328 e. The zero-order chi connectivity index (χ0) is 19.8. The third-order valence-corrected chi connectivity index (χ3v) is 6.32. The van der Waals surface area contributed by atoms with Gasteiger partial charge in [-0.25, -0.2) is 0 Å². The van der Waals surface area contributed by atoms with E-state index in [1.807, 2.05) is 0 Å². The molecule has 0 fully saturated rings. The number of benzene rings is 2. The second-order valence-electron chi connectivity index (χ2n) is 5.96. The number of hydrogen-bond acceptors (Lipinski definition) is 8. The van der Waals surface area contributed by atoms with Gasteiger partial charge in [0.15, 0.2) is 0 Å². The molecule has 11 heteroatoms. The molecule has 9 nitrogen and oxygen atoms in total. The second kappa shape index (κ2) is 6.89. The highest BCUT2D eigenvalue weighted by Gasteiger charge is 2.30. The lowest BCUT2D eigenvalue weighted by molar-refractivity contribution is 0.291. The largest absolute Gasteiger partial charge is 0.484 e. The number of rotatable bonds is 6. The minimum Gasteiger partial charge on any atom is -0.484 e. The summed E-state index contributed by atoms with van der Waals surface area (Å²) in [6.07, 6.45) is -0.133. The van der Waals surface area contributed by atoms with E-state index in [1.54, 1.807) is 32.0 Å². The van der Waals surface area contributed by atoms with Crippen molar-refractivity contribution in [2.24, 2.45) is 9.68 Å². The Hall–Kier alpha value is -2.53. The summed E-state index contributed by atoms with van der Waals surface area (Å²) in [5.41, 5.74) is 7.65. The van der Waals surface area contributed by atoms with Crippen molar-refractivity contribution in [3.05, 3.63) is 35.9 Å². The van der Waals surface area contributed by atoms with Crippen molar-refractivity contribution in [1.82, 2.24) is 0 Å². The molecule has 1 atom stereocenters. The van der Waals surface area contributed by atoms with Gasteiger partial charge in [-0.3, -0.25) is 4.28 Å². The number of oxime groups is 1. The van der Waals surface area contributed by atoms with E-state index in [0.717, 1.165) is 0 Å². The van der Waals surface area contributed by atoms with Crippen LogP contribution in [0.2, 0.25) is 0 Å². The predicted octanol–water partition coefficient (Wildman–Crippen LogP) is 2.80. The minimum absolute atomic E-state index is 0.114. The Morgan fingerprint density at radius 2 is 1.93 bits per heavy atom. The number of ether oxygens (including phenoxy) is 1. The van der Waals surface area contributed by atoms with E-state index in [0.29, 0.717) is 34.2 Å². The summed E-state index contributed by atoms with van der Waals surface area (Å²) < 4.78 is 60.3. The maximum absolute atomic E-state index is 11.8. The zero-order valence-electron chi connectivity index (χ0n) is 14.5. The molecule has 0 radical (unpaired) electrons. The van der Waals surface area contributed by atoms with Gasteiger partial charge >= 0.3 is 10.1 Å². The second-order valence-corrected chi connectivity index (χ2v) is 9.24. The van der Waals surface area contributed by atoms with E-state index in [9.17, 15) is 16.8 Å². The third kappa shape index (κ3) is 3.65. The van der Waals surface area contributed by atoms with Crippen molar-refractivity contribution >= 4 is 36.6 Å². The van der Waals surface area contributed by atoms with Crippen LogP contribution in [0.15, 0.2) is 44.9 Å². The summed E-state index contributed by atoms with van der Waals surface area (Å²) in [5.74, 6) is 0.338. The van der Waals surface area contributed by atoms with Gasteiger partial charge in [0.25, 0.3) is 10.0 Å². The molecule has 27 heavy (non-hydrogen) atoms. The fourth-order valence-electron chi connectivity index (χ4n) is 2.82. The molecule has 0 saturated carbocycles. The predicted molar refractivity (Wildman–Crippen MR) is 98.1 cm³/mol. The summed E-state index contributed by atoms with van der Waals surface area (Å²) in [5, 5.41) is 4.99. The number of sulfonamides is 1. The normalized spacial score (nSPS) is 18.3. The summed E-state index contributed by atoms with van der Waals surface area (Å²) >= 11 is 0. The van der Waals surface area contributed by atoms with Crippen LogP contribution in [0.4, 0.5) is 0 Å². The number of hydrogen-bond donors (Lipinski definition) is 1. The van der Waals surface area contributed by atoms with E-state index in [2.05, 4.69) is 9.68 Å². The van der Waals surface area contributed by atoms with Crippen LogP contribution in [-0.4, -0.2) is 34.4 Å². The number of fused-ring (bicyclic) bond motifs is 3. The van der Waals surface area contributed by atoms with E-state index < -0.39 is 26.2 Å². The van der Waals surface area contributed by atoms with Gasteiger partial charge in [-0.05, 0) is 42.3 Å². The van der Waals surface area contributed by atoms with Gasteiger partial charge in [-0.15, -0.1) is 0 Å². The molecule has 0 spiro atoms. The molecule has 3 rings (SSSR count). The number of nitrogens with one attached hydrogen (secondary N) is 1. The highest BCUT2D eigenvalue weighted by molar-refractivity contribution is 7.90. The average Bonchev–Trinajstić information content (AvgIpc) is 2.95. The lowest BCUT2D eigenvalue weighted by Gasteiger charge is -2.06. The van der Waals surface area contributed by atoms with Crippen LogP contribution in [0, 0.1) is 5.53 Å². The maximum Gasteiger partial charge on any atom is 0.328 e. The van der Waals surface area contributed by atoms with Crippen LogP contribution in [0.3, 0.4) is 0 Å². The van der Waals surface area contributed by atoms with Crippen LogP contribution >= 0.6 is 0 Å². The zero-order valence-corrected chi connectivity index (χ0v) is 16.2. The molecule has 2 aromatic rings. The number of nitrogens with zero attached hydrogens (tertiary/aromatic N) is 2. The first-order valence-corrected chi connectivity index (χ1v) is 11.1. The monoisotopic (exact) mass is 411 g/mol. The van der Waals surface area contributed by atoms with Gasteiger partial charge in [0, 0.05) is 0 Å². The fraction of sp³-hybridized carbons (Fsp3) is 0.312. The van der Waals surface area contributed by atoms with Gasteiger partial charge in [0.1, 0.15) is 17.6 Å².